The van der Waals surface area contributed by atoms with Gasteiger partial charge in [-0.3, -0.25) is 14.7 Å². The van der Waals surface area contributed by atoms with E-state index in [2.05, 4.69) is 43.5 Å². The summed E-state index contributed by atoms with van der Waals surface area (Å²) in [5.41, 5.74) is 0.757. The molecule has 3 atom stereocenters. The molecule has 1 aliphatic carbocycles. The van der Waals surface area contributed by atoms with Crippen LogP contribution < -0.4 is 15.0 Å². The average molecular weight is 627 g/mol. The largest absolute Gasteiger partial charge is 0.466 e. The number of ether oxygens (including phenoxy) is 2. The number of nitrogens with zero attached hydrogens (tertiary/aromatic N) is 7. The molecule has 1 saturated carbocycles. The van der Waals surface area contributed by atoms with E-state index in [1.807, 2.05) is 21.7 Å². The zero-order chi connectivity index (χ0) is 30.9. The highest BCUT2D eigenvalue weighted by molar-refractivity contribution is 7.10. The molecule has 1 unspecified atom stereocenters. The number of likely N-dealkylation sites (tertiary alicyclic amines) is 1. The summed E-state index contributed by atoms with van der Waals surface area (Å²) in [6.45, 7) is 3.83. The number of carbonyl (C=O) groups excluding carboxylic acids is 2. The van der Waals surface area contributed by atoms with E-state index in [-0.39, 0.29) is 24.7 Å². The van der Waals surface area contributed by atoms with E-state index in [9.17, 15) is 9.59 Å². The number of aromatic nitrogens is 5. The first-order valence-electron chi connectivity index (χ1n) is 16.1. The predicted octanol–water partition coefficient (Wildman–Crippen LogP) is 6.09. The summed E-state index contributed by atoms with van der Waals surface area (Å²) in [5.74, 6) is 1.58. The van der Waals surface area contributed by atoms with E-state index in [1.165, 1.54) is 52.1 Å². The Hall–Kier alpha value is -3.48. The van der Waals surface area contributed by atoms with Crippen LogP contribution >= 0.6 is 11.5 Å². The second-order valence-corrected chi connectivity index (χ2v) is 12.9. The molecular formula is C31H46N8O4S. The van der Waals surface area contributed by atoms with E-state index in [0.29, 0.717) is 29.4 Å². The van der Waals surface area contributed by atoms with Crippen molar-refractivity contribution in [2.75, 3.05) is 37.5 Å². The molecular weight excluding hydrogens is 580 g/mol. The minimum absolute atomic E-state index is 0.143. The van der Waals surface area contributed by atoms with Crippen LogP contribution in [0.25, 0.3) is 11.0 Å². The number of amides is 2. The van der Waals surface area contributed by atoms with Gasteiger partial charge in [-0.15, -0.1) is 4.37 Å². The van der Waals surface area contributed by atoms with Gasteiger partial charge in [0.05, 0.1) is 12.5 Å². The van der Waals surface area contributed by atoms with Crippen molar-refractivity contribution in [3.8, 4) is 6.01 Å². The third-order valence-electron chi connectivity index (χ3n) is 9.08. The summed E-state index contributed by atoms with van der Waals surface area (Å²) in [4.78, 5) is 42.6. The van der Waals surface area contributed by atoms with Gasteiger partial charge >= 0.3 is 18.0 Å². The van der Waals surface area contributed by atoms with Crippen LogP contribution in [0.5, 0.6) is 6.01 Å². The van der Waals surface area contributed by atoms with E-state index in [1.54, 1.807) is 6.33 Å². The lowest BCUT2D eigenvalue weighted by Crippen LogP contribution is -2.36. The van der Waals surface area contributed by atoms with Crippen molar-refractivity contribution in [3.63, 3.8) is 0 Å². The molecule has 2 aliphatic rings. The fourth-order valence-corrected chi connectivity index (χ4v) is 7.14. The highest BCUT2D eigenvalue weighted by Gasteiger charge is 2.44. The lowest BCUT2D eigenvalue weighted by Gasteiger charge is -2.28. The lowest BCUT2D eigenvalue weighted by molar-refractivity contribution is -0.147. The van der Waals surface area contributed by atoms with Gasteiger partial charge in [0, 0.05) is 50.3 Å². The molecule has 5 rings (SSSR count). The number of esters is 1. The lowest BCUT2D eigenvalue weighted by atomic mass is 10.0. The second kappa shape index (κ2) is 15.5. The van der Waals surface area contributed by atoms with Crippen molar-refractivity contribution in [1.82, 2.24) is 28.8 Å². The molecule has 1 saturated heterocycles. The monoisotopic (exact) mass is 626 g/mol. The summed E-state index contributed by atoms with van der Waals surface area (Å²) in [6.07, 6.45) is 16.9. The molecule has 3 aromatic heterocycles. The van der Waals surface area contributed by atoms with Crippen LogP contribution in [0.15, 0.2) is 18.6 Å². The highest BCUT2D eigenvalue weighted by atomic mass is 32.1. The number of hydrogen-bond donors (Lipinski definition) is 1. The smallest absolute Gasteiger partial charge is 0.329 e. The number of methoxy groups -OCH3 is 1. The first-order valence-corrected chi connectivity index (χ1v) is 16.9. The normalized spacial score (nSPS) is 19.3. The molecule has 0 radical (unpaired) electrons. The van der Waals surface area contributed by atoms with Gasteiger partial charge in [-0.1, -0.05) is 58.3 Å². The minimum Gasteiger partial charge on any atom is -0.466 e. The van der Waals surface area contributed by atoms with E-state index >= 15 is 0 Å². The minimum atomic E-state index is -0.163. The summed E-state index contributed by atoms with van der Waals surface area (Å²) >= 11 is 1.11. The summed E-state index contributed by atoms with van der Waals surface area (Å²) in [6, 6.07) is 2.43. The Balaban J connectivity index is 1.06. The molecule has 13 heteroatoms. The van der Waals surface area contributed by atoms with Crippen molar-refractivity contribution in [2.24, 2.45) is 11.8 Å². The Morgan fingerprint density at radius 3 is 2.43 bits per heavy atom. The highest BCUT2D eigenvalue weighted by Crippen LogP contribution is 2.41. The Labute approximate surface area is 263 Å². The molecule has 2 fully saturated rings. The number of urea groups is 1. The van der Waals surface area contributed by atoms with Crippen molar-refractivity contribution in [1.29, 1.82) is 0 Å². The number of nitrogens with one attached hydrogen (secondary N) is 1. The van der Waals surface area contributed by atoms with Crippen LogP contribution in [-0.2, 0) is 16.3 Å². The number of rotatable bonds is 16. The van der Waals surface area contributed by atoms with Gasteiger partial charge in [-0.05, 0) is 37.2 Å². The molecule has 1 N–H and O–H groups in total. The maximum absolute atomic E-state index is 12.8. The van der Waals surface area contributed by atoms with Crippen molar-refractivity contribution < 1.29 is 19.1 Å². The molecule has 0 aromatic carbocycles. The van der Waals surface area contributed by atoms with Crippen molar-refractivity contribution in [3.05, 3.63) is 18.6 Å². The van der Waals surface area contributed by atoms with E-state index in [4.69, 9.17) is 9.47 Å². The number of anilines is 2. The Bertz CT molecular complexity index is 1370. The van der Waals surface area contributed by atoms with E-state index in [0.717, 1.165) is 67.2 Å². The average Bonchev–Trinajstić information content (AvgIpc) is 3.82. The zero-order valence-electron chi connectivity index (χ0n) is 26.2. The number of fused-ring (bicyclic) bond motifs is 2. The molecule has 4 heterocycles. The van der Waals surface area contributed by atoms with Gasteiger partial charge in [0.15, 0.2) is 6.73 Å². The first kappa shape index (κ1) is 31.9. The summed E-state index contributed by atoms with van der Waals surface area (Å²) in [7, 11) is 3.59. The third kappa shape index (κ3) is 7.96. The predicted molar refractivity (Wildman–Crippen MR) is 171 cm³/mol. The Morgan fingerprint density at radius 2 is 1.75 bits per heavy atom. The van der Waals surface area contributed by atoms with E-state index < -0.39 is 0 Å². The van der Waals surface area contributed by atoms with Gasteiger partial charge < -0.3 is 19.3 Å². The maximum atomic E-state index is 12.8. The van der Waals surface area contributed by atoms with Crippen molar-refractivity contribution >= 4 is 45.5 Å². The molecule has 44 heavy (non-hydrogen) atoms. The molecule has 2 amide bonds. The molecule has 3 aromatic rings. The van der Waals surface area contributed by atoms with Gasteiger partial charge in [0.1, 0.15) is 17.8 Å². The maximum Gasteiger partial charge on any atom is 0.329 e. The van der Waals surface area contributed by atoms with Crippen LogP contribution in [0, 0.1) is 11.8 Å². The number of carbonyl (C=O) groups is 2. The summed E-state index contributed by atoms with van der Waals surface area (Å²) < 4.78 is 16.5. The molecule has 0 bridgehead atoms. The fraction of sp³-hybridized carbons (Fsp3) is 0.677. The Morgan fingerprint density at radius 1 is 1.05 bits per heavy atom. The van der Waals surface area contributed by atoms with Crippen LogP contribution in [0.4, 0.5) is 15.7 Å². The molecule has 1 aliphatic heterocycles. The van der Waals surface area contributed by atoms with Gasteiger partial charge in [-0.2, -0.15) is 4.98 Å². The summed E-state index contributed by atoms with van der Waals surface area (Å²) in [5, 5.41) is 4.22. The third-order valence-corrected chi connectivity index (χ3v) is 9.70. The van der Waals surface area contributed by atoms with Gasteiger partial charge in [-0.25, -0.2) is 14.8 Å². The molecule has 0 spiro atoms. The van der Waals surface area contributed by atoms with Crippen LogP contribution in [0.2, 0.25) is 0 Å². The number of unbranched alkanes of at least 4 members (excludes halogenated alkanes) is 8. The SMILES string of the molecule is CCCCCCCCCCCC(=O)OCn1ccc2c(N(C)C3C[C@@H]4CN(C(=O)Nc5nc(OC)ns5)C[C@@H]4C3)ncnc21. The topological polar surface area (TPSA) is 128 Å². The molecule has 12 nitrogen and oxygen atoms in total. The van der Waals surface area contributed by atoms with Gasteiger partial charge in [0.25, 0.3) is 0 Å². The van der Waals surface area contributed by atoms with Crippen LogP contribution in [0.1, 0.15) is 84.0 Å². The van der Waals surface area contributed by atoms with Crippen molar-refractivity contribution in [2.45, 2.75) is 96.7 Å². The van der Waals surface area contributed by atoms with Crippen LogP contribution in [-0.4, -0.2) is 74.1 Å². The second-order valence-electron chi connectivity index (χ2n) is 12.1. The Kier molecular flexibility index (Phi) is 11.2. The molecule has 240 valence electrons. The number of hydrogen-bond acceptors (Lipinski definition) is 10. The first-order chi connectivity index (χ1) is 21.5. The van der Waals surface area contributed by atoms with Gasteiger partial charge in [0.2, 0.25) is 5.13 Å². The quantitative estimate of drug-likeness (QED) is 0.148. The zero-order valence-corrected chi connectivity index (χ0v) is 27.1. The standard InChI is InChI=1S/C31H46N8O4S/c1-4-5-6-7-8-9-10-11-12-13-26(40)43-21-38-15-14-25-27(32-20-33-28(25)38)37(2)24-16-22-18-39(19-23(22)17-24)31(41)35-30-34-29(42-3)36-44-30/h14-15,20,22-24H,4-13,16-19,21H2,1-3H3,(H,34,35,36,41)/t22-,23+,24?. The fourth-order valence-electron chi connectivity index (χ4n) is 6.61. The van der Waals surface area contributed by atoms with Crippen LogP contribution in [0.3, 0.4) is 0 Å².